The van der Waals surface area contributed by atoms with E-state index in [1.54, 1.807) is 7.11 Å². The topological polar surface area (TPSA) is 41.6 Å². The Balaban J connectivity index is 2.10. The van der Waals surface area contributed by atoms with Crippen LogP contribution in [0.15, 0.2) is 24.3 Å². The van der Waals surface area contributed by atoms with Gasteiger partial charge in [0.2, 0.25) is 0 Å². The highest BCUT2D eigenvalue weighted by atomic mass is 16.5. The Hall–Kier alpha value is -1.55. The molecule has 2 rings (SSSR count). The average Bonchev–Trinajstić information content (AvgIpc) is 2.54. The highest BCUT2D eigenvalue weighted by Gasteiger charge is 2.22. The molecule has 0 spiro atoms. The van der Waals surface area contributed by atoms with E-state index in [2.05, 4.69) is 12.2 Å². The molecule has 0 aromatic heterocycles. The quantitative estimate of drug-likeness (QED) is 0.876. The van der Waals surface area contributed by atoms with Gasteiger partial charge in [-0.15, -0.1) is 0 Å². The minimum Gasteiger partial charge on any atom is -0.496 e. The third kappa shape index (κ3) is 4.21. The standard InChI is InChI=1S/C17H26N2O2/c1-3-12-19(13-14-8-6-7-11-18-14)17(20)15-9-4-5-10-16(15)21-2/h4-5,9-10,14,18H,3,6-8,11-13H2,1-2H3. The summed E-state index contributed by atoms with van der Waals surface area (Å²) in [4.78, 5) is 14.8. The van der Waals surface area contributed by atoms with Crippen molar-refractivity contribution in [1.82, 2.24) is 10.2 Å². The van der Waals surface area contributed by atoms with Gasteiger partial charge in [0.15, 0.2) is 0 Å². The lowest BCUT2D eigenvalue weighted by Crippen LogP contribution is -2.46. The van der Waals surface area contributed by atoms with Gasteiger partial charge in [0.25, 0.3) is 5.91 Å². The summed E-state index contributed by atoms with van der Waals surface area (Å²) in [5.41, 5.74) is 0.657. The highest BCUT2D eigenvalue weighted by molar-refractivity contribution is 5.97. The Morgan fingerprint density at radius 1 is 1.38 bits per heavy atom. The van der Waals surface area contributed by atoms with Gasteiger partial charge in [-0.05, 0) is 37.9 Å². The van der Waals surface area contributed by atoms with E-state index < -0.39 is 0 Å². The van der Waals surface area contributed by atoms with Gasteiger partial charge >= 0.3 is 0 Å². The summed E-state index contributed by atoms with van der Waals surface area (Å²) in [6, 6.07) is 7.89. The van der Waals surface area contributed by atoms with Crippen molar-refractivity contribution in [2.24, 2.45) is 0 Å². The zero-order valence-electron chi connectivity index (χ0n) is 13.1. The summed E-state index contributed by atoms with van der Waals surface area (Å²) in [6.45, 7) is 4.74. The van der Waals surface area contributed by atoms with Crippen LogP contribution in [0, 0.1) is 0 Å². The first-order valence-electron chi connectivity index (χ1n) is 7.92. The minimum absolute atomic E-state index is 0.0710. The molecule has 1 aliphatic heterocycles. The van der Waals surface area contributed by atoms with Gasteiger partial charge < -0.3 is 15.0 Å². The second kappa shape index (κ2) is 8.03. The summed E-state index contributed by atoms with van der Waals surface area (Å²) in [5, 5.41) is 3.52. The van der Waals surface area contributed by atoms with Crippen molar-refractivity contribution in [1.29, 1.82) is 0 Å². The third-order valence-corrected chi connectivity index (χ3v) is 3.97. The first kappa shape index (κ1) is 15.8. The van der Waals surface area contributed by atoms with Crippen molar-refractivity contribution >= 4 is 5.91 Å². The molecule has 1 N–H and O–H groups in total. The Morgan fingerprint density at radius 2 is 2.19 bits per heavy atom. The second-order valence-corrected chi connectivity index (χ2v) is 5.60. The monoisotopic (exact) mass is 290 g/mol. The van der Waals surface area contributed by atoms with Gasteiger partial charge in [-0.25, -0.2) is 0 Å². The van der Waals surface area contributed by atoms with Crippen LogP contribution in [-0.2, 0) is 0 Å². The maximum absolute atomic E-state index is 12.8. The van der Waals surface area contributed by atoms with Gasteiger partial charge in [-0.1, -0.05) is 25.5 Å². The molecule has 1 unspecified atom stereocenters. The van der Waals surface area contributed by atoms with E-state index in [0.717, 1.165) is 32.5 Å². The first-order valence-corrected chi connectivity index (χ1v) is 7.92. The van der Waals surface area contributed by atoms with E-state index >= 15 is 0 Å². The maximum Gasteiger partial charge on any atom is 0.257 e. The molecule has 1 fully saturated rings. The molecule has 4 nitrogen and oxygen atoms in total. The Labute approximate surface area is 127 Å². The number of piperidine rings is 1. The Kier molecular flexibility index (Phi) is 6.05. The fraction of sp³-hybridized carbons (Fsp3) is 0.588. The van der Waals surface area contributed by atoms with Crippen molar-refractivity contribution < 1.29 is 9.53 Å². The molecule has 21 heavy (non-hydrogen) atoms. The number of nitrogens with zero attached hydrogens (tertiary/aromatic N) is 1. The van der Waals surface area contributed by atoms with Gasteiger partial charge in [-0.2, -0.15) is 0 Å². The molecule has 0 radical (unpaired) electrons. The molecule has 1 aromatic rings. The second-order valence-electron chi connectivity index (χ2n) is 5.60. The van der Waals surface area contributed by atoms with E-state index in [0.29, 0.717) is 17.4 Å². The van der Waals surface area contributed by atoms with Crippen molar-refractivity contribution in [3.05, 3.63) is 29.8 Å². The van der Waals surface area contributed by atoms with Crippen molar-refractivity contribution in [3.63, 3.8) is 0 Å². The molecular formula is C17H26N2O2. The fourth-order valence-corrected chi connectivity index (χ4v) is 2.88. The van der Waals surface area contributed by atoms with Crippen LogP contribution in [0.25, 0.3) is 0 Å². The van der Waals surface area contributed by atoms with Crippen molar-refractivity contribution in [2.45, 2.75) is 38.6 Å². The number of hydrogen-bond acceptors (Lipinski definition) is 3. The van der Waals surface area contributed by atoms with Crippen LogP contribution >= 0.6 is 0 Å². The number of carbonyl (C=O) groups excluding carboxylic acids is 1. The lowest BCUT2D eigenvalue weighted by molar-refractivity contribution is 0.0728. The SMILES string of the molecule is CCCN(CC1CCCCN1)C(=O)c1ccccc1OC. The van der Waals surface area contributed by atoms with E-state index in [4.69, 9.17) is 4.74 Å². The number of carbonyl (C=O) groups is 1. The molecule has 1 aliphatic rings. The van der Waals surface area contributed by atoms with Crippen LogP contribution in [0.3, 0.4) is 0 Å². The van der Waals surface area contributed by atoms with Crippen LogP contribution in [0.2, 0.25) is 0 Å². The van der Waals surface area contributed by atoms with Gasteiger partial charge in [-0.3, -0.25) is 4.79 Å². The predicted molar refractivity (Wildman–Crippen MR) is 84.8 cm³/mol. The minimum atomic E-state index is 0.0710. The van der Waals surface area contributed by atoms with Crippen molar-refractivity contribution in [2.75, 3.05) is 26.7 Å². The van der Waals surface area contributed by atoms with Crippen LogP contribution in [0.5, 0.6) is 5.75 Å². The largest absolute Gasteiger partial charge is 0.496 e. The molecule has 1 amide bonds. The molecule has 0 bridgehead atoms. The number of nitrogens with one attached hydrogen (secondary N) is 1. The molecule has 1 aromatic carbocycles. The van der Waals surface area contributed by atoms with Gasteiger partial charge in [0, 0.05) is 19.1 Å². The third-order valence-electron chi connectivity index (χ3n) is 3.97. The van der Waals surface area contributed by atoms with Crippen LogP contribution in [-0.4, -0.2) is 43.6 Å². The summed E-state index contributed by atoms with van der Waals surface area (Å²) in [6.07, 6.45) is 4.61. The zero-order valence-corrected chi connectivity index (χ0v) is 13.1. The first-order chi connectivity index (χ1) is 10.3. The maximum atomic E-state index is 12.8. The summed E-state index contributed by atoms with van der Waals surface area (Å²) in [5.74, 6) is 0.724. The molecule has 4 heteroatoms. The normalized spacial score (nSPS) is 18.3. The average molecular weight is 290 g/mol. The Morgan fingerprint density at radius 3 is 2.86 bits per heavy atom. The lowest BCUT2D eigenvalue weighted by Gasteiger charge is -2.31. The molecular weight excluding hydrogens is 264 g/mol. The van der Waals surface area contributed by atoms with Gasteiger partial charge in [0.1, 0.15) is 5.75 Å². The highest BCUT2D eigenvalue weighted by Crippen LogP contribution is 2.20. The smallest absolute Gasteiger partial charge is 0.257 e. The van der Waals surface area contributed by atoms with E-state index in [9.17, 15) is 4.79 Å². The number of rotatable bonds is 6. The van der Waals surface area contributed by atoms with Crippen LogP contribution in [0.4, 0.5) is 0 Å². The van der Waals surface area contributed by atoms with E-state index in [-0.39, 0.29) is 5.91 Å². The van der Waals surface area contributed by atoms with Crippen molar-refractivity contribution in [3.8, 4) is 5.75 Å². The number of benzene rings is 1. The molecule has 1 heterocycles. The molecule has 1 saturated heterocycles. The molecule has 116 valence electrons. The summed E-state index contributed by atoms with van der Waals surface area (Å²) in [7, 11) is 1.61. The molecule has 1 atom stereocenters. The fourth-order valence-electron chi connectivity index (χ4n) is 2.88. The lowest BCUT2D eigenvalue weighted by atomic mass is 10.0. The number of methoxy groups -OCH3 is 1. The number of para-hydroxylation sites is 1. The number of hydrogen-bond donors (Lipinski definition) is 1. The Bertz CT molecular complexity index is 456. The predicted octanol–water partition coefficient (Wildman–Crippen LogP) is 2.69. The van der Waals surface area contributed by atoms with E-state index in [1.807, 2.05) is 29.2 Å². The number of ether oxygens (including phenoxy) is 1. The summed E-state index contributed by atoms with van der Waals surface area (Å²) >= 11 is 0. The summed E-state index contributed by atoms with van der Waals surface area (Å²) < 4.78 is 5.32. The van der Waals surface area contributed by atoms with Gasteiger partial charge in [0.05, 0.1) is 12.7 Å². The molecule has 0 saturated carbocycles. The zero-order chi connectivity index (χ0) is 15.1. The van der Waals surface area contributed by atoms with Crippen LogP contribution < -0.4 is 10.1 Å². The van der Waals surface area contributed by atoms with E-state index in [1.165, 1.54) is 12.8 Å². The van der Waals surface area contributed by atoms with Crippen LogP contribution in [0.1, 0.15) is 43.0 Å². The number of amides is 1. The molecule has 0 aliphatic carbocycles.